The van der Waals surface area contributed by atoms with Crippen molar-refractivity contribution in [2.75, 3.05) is 12.4 Å². The summed E-state index contributed by atoms with van der Waals surface area (Å²) in [4.78, 5) is 24.3. The first-order chi connectivity index (χ1) is 12.7. The molecule has 1 amide bonds. The lowest BCUT2D eigenvalue weighted by molar-refractivity contribution is -0.111. The number of rotatable bonds is 5. The second-order valence-electron chi connectivity index (χ2n) is 5.33. The van der Waals surface area contributed by atoms with E-state index in [2.05, 4.69) is 20.3 Å². The predicted octanol–water partition coefficient (Wildman–Crippen LogP) is 2.87. The van der Waals surface area contributed by atoms with E-state index in [1.54, 1.807) is 49.9 Å². The molecule has 0 aliphatic carbocycles. The molecule has 3 rings (SSSR count). The van der Waals surface area contributed by atoms with Crippen molar-refractivity contribution in [2.24, 2.45) is 10.7 Å². The van der Waals surface area contributed by atoms with Crippen LogP contribution in [-0.2, 0) is 4.79 Å². The fraction of sp³-hybridized carbons (Fsp3) is 0.0526. The third-order valence-electron chi connectivity index (χ3n) is 3.62. The van der Waals surface area contributed by atoms with Crippen LogP contribution in [0.15, 0.2) is 64.7 Å². The standard InChI is InChI=1S/C19H17N5O2/c1-21-10-14(9-20)16-6-7-22-11-13(16)2-5-19(25)24-15-3-4-17-18(8-15)26-12-23-17/h2-12H,20H2,1H3,(H,24,25)/b5-2+,14-9?,21-10?. The first-order valence-electron chi connectivity index (χ1n) is 7.82. The molecule has 3 N–H and O–H groups in total. The molecule has 3 aromatic rings. The van der Waals surface area contributed by atoms with Crippen molar-refractivity contribution in [3.05, 3.63) is 66.5 Å². The third-order valence-corrected chi connectivity index (χ3v) is 3.62. The maximum absolute atomic E-state index is 12.2. The zero-order valence-electron chi connectivity index (χ0n) is 14.1. The van der Waals surface area contributed by atoms with E-state index in [9.17, 15) is 4.79 Å². The van der Waals surface area contributed by atoms with Crippen LogP contribution < -0.4 is 11.1 Å². The van der Waals surface area contributed by atoms with Crippen LogP contribution in [0.2, 0.25) is 0 Å². The zero-order chi connectivity index (χ0) is 18.4. The summed E-state index contributed by atoms with van der Waals surface area (Å²) in [5, 5.41) is 2.78. The van der Waals surface area contributed by atoms with Crippen LogP contribution >= 0.6 is 0 Å². The van der Waals surface area contributed by atoms with Gasteiger partial charge in [-0.2, -0.15) is 0 Å². The lowest BCUT2D eigenvalue weighted by atomic mass is 10.0. The number of carbonyl (C=O) groups excluding carboxylic acids is 1. The highest BCUT2D eigenvalue weighted by molar-refractivity contribution is 6.11. The van der Waals surface area contributed by atoms with Gasteiger partial charge >= 0.3 is 0 Å². The highest BCUT2D eigenvalue weighted by Gasteiger charge is 2.06. The average Bonchev–Trinajstić information content (AvgIpc) is 3.12. The van der Waals surface area contributed by atoms with E-state index in [-0.39, 0.29) is 5.91 Å². The van der Waals surface area contributed by atoms with Gasteiger partial charge in [0.2, 0.25) is 5.91 Å². The molecule has 0 atom stereocenters. The quantitative estimate of drug-likeness (QED) is 0.545. The van der Waals surface area contributed by atoms with Crippen LogP contribution in [-0.4, -0.2) is 29.1 Å². The first kappa shape index (κ1) is 17.1. The number of anilines is 1. The maximum Gasteiger partial charge on any atom is 0.248 e. The summed E-state index contributed by atoms with van der Waals surface area (Å²) in [5.74, 6) is -0.277. The summed E-state index contributed by atoms with van der Waals surface area (Å²) >= 11 is 0. The van der Waals surface area contributed by atoms with Crippen LogP contribution in [0.5, 0.6) is 0 Å². The monoisotopic (exact) mass is 347 g/mol. The van der Waals surface area contributed by atoms with Gasteiger partial charge in [0, 0.05) is 60.8 Å². The Morgan fingerprint density at radius 2 is 2.23 bits per heavy atom. The number of amides is 1. The maximum atomic E-state index is 12.2. The van der Waals surface area contributed by atoms with Crippen molar-refractivity contribution in [3.63, 3.8) is 0 Å². The van der Waals surface area contributed by atoms with E-state index in [4.69, 9.17) is 10.2 Å². The van der Waals surface area contributed by atoms with Crippen molar-refractivity contribution in [3.8, 4) is 0 Å². The minimum Gasteiger partial charge on any atom is -0.443 e. The molecule has 7 heteroatoms. The molecule has 0 bridgehead atoms. The topological polar surface area (TPSA) is 106 Å². The number of oxazole rings is 1. The number of aromatic nitrogens is 2. The molecular weight excluding hydrogens is 330 g/mol. The summed E-state index contributed by atoms with van der Waals surface area (Å²) in [6, 6.07) is 7.07. The minimum absolute atomic E-state index is 0.277. The van der Waals surface area contributed by atoms with E-state index in [0.717, 1.165) is 22.2 Å². The molecule has 0 radical (unpaired) electrons. The first-order valence-corrected chi connectivity index (χ1v) is 7.82. The molecule has 0 aliphatic rings. The van der Waals surface area contributed by atoms with Crippen molar-refractivity contribution < 1.29 is 9.21 Å². The number of benzene rings is 1. The van der Waals surface area contributed by atoms with E-state index >= 15 is 0 Å². The van der Waals surface area contributed by atoms with Gasteiger partial charge in [-0.1, -0.05) is 0 Å². The van der Waals surface area contributed by atoms with Crippen LogP contribution in [0.1, 0.15) is 11.1 Å². The average molecular weight is 347 g/mol. The Morgan fingerprint density at radius 3 is 3.04 bits per heavy atom. The number of hydrogen-bond donors (Lipinski definition) is 2. The second-order valence-corrected chi connectivity index (χ2v) is 5.33. The molecule has 0 aliphatic heterocycles. The number of pyridine rings is 1. The fourth-order valence-electron chi connectivity index (χ4n) is 2.43. The van der Waals surface area contributed by atoms with Gasteiger partial charge in [-0.05, 0) is 29.8 Å². The van der Waals surface area contributed by atoms with E-state index in [0.29, 0.717) is 11.3 Å². The Morgan fingerprint density at radius 1 is 1.35 bits per heavy atom. The van der Waals surface area contributed by atoms with Gasteiger partial charge in [-0.25, -0.2) is 4.98 Å². The zero-order valence-corrected chi connectivity index (χ0v) is 14.1. The number of carbonyl (C=O) groups is 1. The van der Waals surface area contributed by atoms with E-state index in [1.807, 2.05) is 6.07 Å². The summed E-state index contributed by atoms with van der Waals surface area (Å²) in [7, 11) is 1.67. The third kappa shape index (κ3) is 3.84. The summed E-state index contributed by atoms with van der Waals surface area (Å²) in [6.07, 6.45) is 10.9. The predicted molar refractivity (Wildman–Crippen MR) is 102 cm³/mol. The van der Waals surface area contributed by atoms with Crippen LogP contribution in [0.25, 0.3) is 22.7 Å². The molecule has 0 spiro atoms. The number of nitrogens with zero attached hydrogens (tertiary/aromatic N) is 3. The number of fused-ring (bicyclic) bond motifs is 1. The van der Waals surface area contributed by atoms with Gasteiger partial charge in [-0.15, -0.1) is 0 Å². The lowest BCUT2D eigenvalue weighted by Crippen LogP contribution is -2.07. The Kier molecular flexibility index (Phi) is 5.19. The molecule has 1 aromatic carbocycles. The summed E-state index contributed by atoms with van der Waals surface area (Å²) in [6.45, 7) is 0. The molecule has 0 fully saturated rings. The van der Waals surface area contributed by atoms with Gasteiger partial charge in [0.15, 0.2) is 12.0 Å². The molecule has 7 nitrogen and oxygen atoms in total. The number of aliphatic imine (C=N–C) groups is 1. The second kappa shape index (κ2) is 7.89. The molecule has 0 unspecified atom stereocenters. The summed E-state index contributed by atoms with van der Waals surface area (Å²) in [5.41, 5.74) is 9.96. The molecule has 26 heavy (non-hydrogen) atoms. The number of allylic oxidation sites excluding steroid dienone is 1. The van der Waals surface area contributed by atoms with Crippen molar-refractivity contribution >= 4 is 40.6 Å². The smallest absolute Gasteiger partial charge is 0.248 e. The lowest BCUT2D eigenvalue weighted by Gasteiger charge is -2.06. The molecule has 130 valence electrons. The molecule has 2 heterocycles. The minimum atomic E-state index is -0.277. The normalized spacial score (nSPS) is 12.3. The molecular formula is C19H17N5O2. The van der Waals surface area contributed by atoms with E-state index in [1.165, 1.54) is 18.7 Å². The van der Waals surface area contributed by atoms with Gasteiger partial charge < -0.3 is 15.5 Å². The molecule has 0 saturated heterocycles. The van der Waals surface area contributed by atoms with Crippen LogP contribution in [0.3, 0.4) is 0 Å². The van der Waals surface area contributed by atoms with Crippen molar-refractivity contribution in [1.29, 1.82) is 0 Å². The number of hydrogen-bond acceptors (Lipinski definition) is 6. The van der Waals surface area contributed by atoms with E-state index < -0.39 is 0 Å². The fourth-order valence-corrected chi connectivity index (χ4v) is 2.43. The number of nitrogens with one attached hydrogen (secondary N) is 1. The molecule has 2 aromatic heterocycles. The summed E-state index contributed by atoms with van der Waals surface area (Å²) < 4.78 is 5.23. The Labute approximate surface area is 150 Å². The van der Waals surface area contributed by atoms with Crippen LogP contribution in [0.4, 0.5) is 5.69 Å². The Hall–Kier alpha value is -3.74. The molecule has 0 saturated carbocycles. The number of nitrogens with two attached hydrogens (primary N) is 1. The highest BCUT2D eigenvalue weighted by Crippen LogP contribution is 2.19. The van der Waals surface area contributed by atoms with Gasteiger partial charge in [0.05, 0.1) is 0 Å². The van der Waals surface area contributed by atoms with Gasteiger partial charge in [0.1, 0.15) is 5.52 Å². The van der Waals surface area contributed by atoms with Gasteiger partial charge in [0.25, 0.3) is 0 Å². The largest absolute Gasteiger partial charge is 0.443 e. The Balaban J connectivity index is 1.78. The van der Waals surface area contributed by atoms with Crippen molar-refractivity contribution in [2.45, 2.75) is 0 Å². The Bertz CT molecular complexity index is 1020. The SMILES string of the molecule is CN=CC(=CN)c1ccncc1/C=C/C(=O)Nc1ccc2ncoc2c1. The van der Waals surface area contributed by atoms with Gasteiger partial charge in [-0.3, -0.25) is 14.8 Å². The highest BCUT2D eigenvalue weighted by atomic mass is 16.3. The van der Waals surface area contributed by atoms with Crippen LogP contribution in [0, 0.1) is 0 Å². The van der Waals surface area contributed by atoms with Crippen molar-refractivity contribution in [1.82, 2.24) is 9.97 Å².